The number of fused-ring (bicyclic) bond motifs is 1. The Morgan fingerprint density at radius 2 is 2.04 bits per heavy atom. The molecular weight excluding hydrogens is 374 g/mol. The van der Waals surface area contributed by atoms with Crippen molar-refractivity contribution >= 4 is 37.9 Å². The Labute approximate surface area is 156 Å². The van der Waals surface area contributed by atoms with Gasteiger partial charge in [0.1, 0.15) is 22.2 Å². The molecule has 0 amide bonds. The van der Waals surface area contributed by atoms with Crippen LogP contribution in [-0.4, -0.2) is 36.2 Å². The molecule has 3 rings (SSSR count). The number of nitrogens with one attached hydrogen (secondary N) is 1. The lowest BCUT2D eigenvalue weighted by molar-refractivity contribution is 0.341. The summed E-state index contributed by atoms with van der Waals surface area (Å²) in [7, 11) is -3.36. The molecule has 0 aliphatic carbocycles. The lowest BCUT2D eigenvalue weighted by Gasteiger charge is -2.10. The number of benzene rings is 1. The highest BCUT2D eigenvalue weighted by molar-refractivity contribution is 7.90. The summed E-state index contributed by atoms with van der Waals surface area (Å²) in [4.78, 5) is 7.30. The lowest BCUT2D eigenvalue weighted by Crippen LogP contribution is -2.09. The van der Waals surface area contributed by atoms with Gasteiger partial charge in [0.2, 0.25) is 0 Å². The summed E-state index contributed by atoms with van der Waals surface area (Å²) in [6, 6.07) is 8.30. The Morgan fingerprint density at radius 1 is 1.27 bits per heavy atom. The van der Waals surface area contributed by atoms with Gasteiger partial charge in [-0.2, -0.15) is 0 Å². The van der Waals surface area contributed by atoms with Crippen LogP contribution in [-0.2, 0) is 9.84 Å². The van der Waals surface area contributed by atoms with Gasteiger partial charge in [-0.15, -0.1) is 0 Å². The lowest BCUT2D eigenvalue weighted by atomic mass is 10.2. The molecule has 26 heavy (non-hydrogen) atoms. The fraction of sp³-hybridized carbons (Fsp3) is 0.176. The highest BCUT2D eigenvalue weighted by Gasteiger charge is 2.13. The predicted molar refractivity (Wildman–Crippen MR) is 103 cm³/mol. The molecule has 2 aromatic heterocycles. The summed E-state index contributed by atoms with van der Waals surface area (Å²) >= 11 is 5.01. The van der Waals surface area contributed by atoms with E-state index in [1.807, 2.05) is 13.0 Å². The van der Waals surface area contributed by atoms with Crippen LogP contribution in [0.2, 0.25) is 0 Å². The second kappa shape index (κ2) is 6.93. The van der Waals surface area contributed by atoms with Gasteiger partial charge in [-0.1, -0.05) is 12.2 Å². The number of thiocarbonyl (C=S) groups is 1. The van der Waals surface area contributed by atoms with Gasteiger partial charge < -0.3 is 20.2 Å². The van der Waals surface area contributed by atoms with E-state index in [4.69, 9.17) is 27.4 Å². The molecule has 0 unspecified atom stereocenters. The number of aromatic amines is 1. The molecule has 0 saturated carbocycles. The molecule has 0 aliphatic rings. The Morgan fingerprint density at radius 3 is 2.62 bits per heavy atom. The number of H-pyrrole nitrogens is 1. The molecule has 3 N–H and O–H groups in total. The highest BCUT2D eigenvalue weighted by atomic mass is 32.2. The number of nitrogens with zero attached hydrogens (tertiary/aromatic N) is 1. The minimum absolute atomic E-state index is 0.0120. The summed E-state index contributed by atoms with van der Waals surface area (Å²) in [5.74, 6) is 1.52. The maximum atomic E-state index is 11.5. The number of aromatic nitrogens is 2. The van der Waals surface area contributed by atoms with E-state index in [2.05, 4.69) is 9.97 Å². The molecule has 3 aromatic rings. The minimum Gasteiger partial charge on any atom is -0.492 e. The van der Waals surface area contributed by atoms with Gasteiger partial charge in [-0.25, -0.2) is 13.4 Å². The minimum atomic E-state index is -3.36. The van der Waals surface area contributed by atoms with E-state index in [0.717, 1.165) is 17.2 Å². The van der Waals surface area contributed by atoms with Crippen molar-refractivity contribution in [3.05, 3.63) is 42.2 Å². The maximum Gasteiger partial charge on any atom is 0.192 e. The summed E-state index contributed by atoms with van der Waals surface area (Å²) in [6.45, 7) is 2.36. The van der Waals surface area contributed by atoms with E-state index >= 15 is 0 Å². The van der Waals surface area contributed by atoms with Gasteiger partial charge in [0.25, 0.3) is 0 Å². The number of sulfone groups is 1. The first-order chi connectivity index (χ1) is 12.3. The first-order valence-electron chi connectivity index (χ1n) is 7.71. The average molecular weight is 391 g/mol. The summed E-state index contributed by atoms with van der Waals surface area (Å²) in [5.41, 5.74) is 7.09. The third-order valence-corrected chi connectivity index (χ3v) is 4.78. The van der Waals surface area contributed by atoms with Crippen LogP contribution in [0.1, 0.15) is 12.6 Å². The molecule has 7 nitrogen and oxygen atoms in total. The van der Waals surface area contributed by atoms with E-state index in [-0.39, 0.29) is 10.0 Å². The number of pyridine rings is 1. The second-order valence-electron chi connectivity index (χ2n) is 5.57. The first-order valence-corrected chi connectivity index (χ1v) is 10.0. The molecule has 0 aliphatic heterocycles. The molecule has 0 bridgehead atoms. The normalized spacial score (nSPS) is 11.5. The summed E-state index contributed by atoms with van der Waals surface area (Å²) in [6.07, 6.45) is 2.46. The number of hydrogen-bond acceptors (Lipinski definition) is 6. The van der Waals surface area contributed by atoms with Crippen LogP contribution >= 0.6 is 12.2 Å². The molecule has 0 spiro atoms. The standard InChI is InChI=1S/C17H17N3O4S2/c1-3-23-14-8-12(6-10-7-13(17(18)25)20-16(10)14)24-11-4-5-15(19-9-11)26(2,21)22/h4-9,20H,3H2,1-2H3,(H2,18,25). The van der Waals surface area contributed by atoms with E-state index < -0.39 is 9.84 Å². The fourth-order valence-electron chi connectivity index (χ4n) is 2.43. The van der Waals surface area contributed by atoms with Gasteiger partial charge in [0.05, 0.1) is 24.0 Å². The van der Waals surface area contributed by atoms with Gasteiger partial charge in [-0.05, 0) is 31.2 Å². The van der Waals surface area contributed by atoms with Crippen molar-refractivity contribution in [1.82, 2.24) is 9.97 Å². The zero-order valence-corrected chi connectivity index (χ0v) is 15.8. The van der Waals surface area contributed by atoms with Crippen LogP contribution < -0.4 is 15.2 Å². The van der Waals surface area contributed by atoms with Crippen LogP contribution in [0, 0.1) is 0 Å². The van der Waals surface area contributed by atoms with E-state index in [1.54, 1.807) is 18.2 Å². The van der Waals surface area contributed by atoms with Crippen molar-refractivity contribution in [2.24, 2.45) is 5.73 Å². The number of rotatable bonds is 6. The number of nitrogens with two attached hydrogens (primary N) is 1. The van der Waals surface area contributed by atoms with Gasteiger partial charge in [0, 0.05) is 17.7 Å². The Balaban J connectivity index is 1.98. The van der Waals surface area contributed by atoms with Crippen molar-refractivity contribution in [2.45, 2.75) is 11.9 Å². The van der Waals surface area contributed by atoms with Gasteiger partial charge >= 0.3 is 0 Å². The molecule has 9 heteroatoms. The van der Waals surface area contributed by atoms with Crippen LogP contribution in [0.4, 0.5) is 0 Å². The van der Waals surface area contributed by atoms with Gasteiger partial charge in [0.15, 0.2) is 14.9 Å². The van der Waals surface area contributed by atoms with Crippen molar-refractivity contribution < 1.29 is 17.9 Å². The van der Waals surface area contributed by atoms with E-state index in [9.17, 15) is 8.42 Å². The Bertz CT molecular complexity index is 1070. The summed E-state index contributed by atoms with van der Waals surface area (Å²) < 4.78 is 34.4. The Kier molecular flexibility index (Phi) is 4.84. The second-order valence-corrected chi connectivity index (χ2v) is 7.97. The highest BCUT2D eigenvalue weighted by Crippen LogP contribution is 2.33. The molecule has 2 heterocycles. The molecule has 0 saturated heterocycles. The van der Waals surface area contributed by atoms with E-state index in [1.165, 1.54) is 12.3 Å². The van der Waals surface area contributed by atoms with Crippen LogP contribution in [0.25, 0.3) is 10.9 Å². The molecule has 1 aromatic carbocycles. The number of ether oxygens (including phenoxy) is 2. The quantitative estimate of drug-likeness (QED) is 0.622. The zero-order chi connectivity index (χ0) is 18.9. The van der Waals surface area contributed by atoms with Crippen LogP contribution in [0.3, 0.4) is 0 Å². The first kappa shape index (κ1) is 18.2. The molecule has 0 radical (unpaired) electrons. The Hall–Kier alpha value is -2.65. The van der Waals surface area contributed by atoms with Crippen molar-refractivity contribution in [2.75, 3.05) is 12.9 Å². The average Bonchev–Trinajstić information content (AvgIpc) is 2.99. The maximum absolute atomic E-state index is 11.5. The van der Waals surface area contributed by atoms with Crippen LogP contribution in [0.5, 0.6) is 17.2 Å². The molecule has 0 atom stereocenters. The van der Waals surface area contributed by atoms with E-state index in [0.29, 0.717) is 29.5 Å². The monoisotopic (exact) mass is 391 g/mol. The van der Waals surface area contributed by atoms with Crippen molar-refractivity contribution in [3.63, 3.8) is 0 Å². The van der Waals surface area contributed by atoms with Crippen molar-refractivity contribution in [1.29, 1.82) is 0 Å². The SMILES string of the molecule is CCOc1cc(Oc2ccc(S(C)(=O)=O)nc2)cc2cc(C(N)=S)[nH]c12. The zero-order valence-electron chi connectivity index (χ0n) is 14.1. The fourth-order valence-corrected chi connectivity index (χ4v) is 3.10. The topological polar surface area (TPSA) is 107 Å². The van der Waals surface area contributed by atoms with Gasteiger partial charge in [-0.3, -0.25) is 0 Å². The van der Waals surface area contributed by atoms with Crippen molar-refractivity contribution in [3.8, 4) is 17.2 Å². The number of hydrogen-bond donors (Lipinski definition) is 2. The molecular formula is C17H17N3O4S2. The summed E-state index contributed by atoms with van der Waals surface area (Å²) in [5, 5.41) is 0.816. The van der Waals surface area contributed by atoms with Crippen LogP contribution in [0.15, 0.2) is 41.6 Å². The third kappa shape index (κ3) is 3.78. The predicted octanol–water partition coefficient (Wildman–Crippen LogP) is 2.79. The third-order valence-electron chi connectivity index (χ3n) is 3.56. The smallest absolute Gasteiger partial charge is 0.192 e. The molecule has 136 valence electrons. The largest absolute Gasteiger partial charge is 0.492 e. The molecule has 0 fully saturated rings.